The van der Waals surface area contributed by atoms with Crippen LogP contribution in [0.4, 0.5) is 14.5 Å². The van der Waals surface area contributed by atoms with Gasteiger partial charge in [0.05, 0.1) is 0 Å². The number of carbonyl (C=O) groups is 1. The van der Waals surface area contributed by atoms with Gasteiger partial charge in [-0.3, -0.25) is 4.79 Å². The van der Waals surface area contributed by atoms with E-state index in [1.54, 1.807) is 18.2 Å². The van der Waals surface area contributed by atoms with Crippen LogP contribution < -0.4 is 5.32 Å². The summed E-state index contributed by atoms with van der Waals surface area (Å²) in [5, 5.41) is 11.9. The first kappa shape index (κ1) is 14.5. The summed E-state index contributed by atoms with van der Waals surface area (Å²) >= 11 is 3.32. The molecule has 0 spiro atoms. The molecule has 0 saturated carbocycles. The Morgan fingerprint density at radius 3 is 2.55 bits per heavy atom. The van der Waals surface area contributed by atoms with E-state index in [1.807, 2.05) is 6.92 Å². The molecule has 0 atom stereocenters. The molecule has 0 fully saturated rings. The average Bonchev–Trinajstić information content (AvgIpc) is 2.32. The molecule has 2 N–H and O–H groups in total. The fraction of sp³-hybridized carbons (Fsp3) is 0.0714. The second-order valence-corrected chi connectivity index (χ2v) is 5.05. The molecule has 0 unspecified atom stereocenters. The zero-order valence-electron chi connectivity index (χ0n) is 10.4. The van der Waals surface area contributed by atoms with Gasteiger partial charge in [0.1, 0.15) is 22.9 Å². The van der Waals surface area contributed by atoms with Crippen molar-refractivity contribution in [2.75, 3.05) is 5.32 Å². The minimum absolute atomic E-state index is 0.443. The third-order valence-electron chi connectivity index (χ3n) is 2.68. The number of aromatic hydroxyl groups is 1. The molecule has 6 heteroatoms. The van der Waals surface area contributed by atoms with Gasteiger partial charge >= 0.3 is 0 Å². The minimum atomic E-state index is -1.12. The van der Waals surface area contributed by atoms with E-state index in [0.717, 1.165) is 10.0 Å². The first-order valence-corrected chi connectivity index (χ1v) is 6.43. The van der Waals surface area contributed by atoms with Gasteiger partial charge in [0.2, 0.25) is 0 Å². The maximum Gasteiger partial charge on any atom is 0.262 e. The molecule has 2 aromatic carbocycles. The zero-order valence-corrected chi connectivity index (χ0v) is 12.0. The molecule has 104 valence electrons. The van der Waals surface area contributed by atoms with Crippen LogP contribution in [-0.4, -0.2) is 11.0 Å². The van der Waals surface area contributed by atoms with Crippen molar-refractivity contribution in [1.82, 2.24) is 0 Å². The Hall–Kier alpha value is -1.95. The highest BCUT2D eigenvalue weighted by atomic mass is 79.9. The number of aryl methyl sites for hydroxylation is 1. The van der Waals surface area contributed by atoms with Crippen LogP contribution in [0, 0.1) is 18.6 Å². The lowest BCUT2D eigenvalue weighted by atomic mass is 10.1. The summed E-state index contributed by atoms with van der Waals surface area (Å²) in [6.07, 6.45) is 0. The summed E-state index contributed by atoms with van der Waals surface area (Å²) in [6, 6.07) is 6.26. The Morgan fingerprint density at radius 2 is 1.95 bits per heavy atom. The molecule has 0 aromatic heterocycles. The number of amides is 1. The molecule has 20 heavy (non-hydrogen) atoms. The standard InChI is InChI=1S/C14H10BrF2NO2/c1-7-4-9(2-3-10(7)15)18-14(20)13-11(17)5-8(16)6-12(13)19/h2-6,19H,1H3,(H,18,20). The highest BCUT2D eigenvalue weighted by Crippen LogP contribution is 2.25. The van der Waals surface area contributed by atoms with Gasteiger partial charge in [-0.05, 0) is 30.7 Å². The van der Waals surface area contributed by atoms with Gasteiger partial charge in [-0.2, -0.15) is 0 Å². The summed E-state index contributed by atoms with van der Waals surface area (Å²) in [4.78, 5) is 11.9. The van der Waals surface area contributed by atoms with Crippen LogP contribution in [0.3, 0.4) is 0 Å². The average molecular weight is 342 g/mol. The number of phenolic OH excluding ortho intramolecular Hbond substituents is 1. The SMILES string of the molecule is Cc1cc(NC(=O)c2c(O)cc(F)cc2F)ccc1Br. The van der Waals surface area contributed by atoms with Gasteiger partial charge in [0, 0.05) is 22.3 Å². The number of phenols is 1. The summed E-state index contributed by atoms with van der Waals surface area (Å²) < 4.78 is 27.3. The van der Waals surface area contributed by atoms with Crippen molar-refractivity contribution in [3.63, 3.8) is 0 Å². The minimum Gasteiger partial charge on any atom is -0.507 e. The molecule has 2 aromatic rings. The Bertz CT molecular complexity index is 666. The Balaban J connectivity index is 2.31. The molecule has 0 aliphatic carbocycles. The largest absolute Gasteiger partial charge is 0.507 e. The number of rotatable bonds is 2. The molecular weight excluding hydrogens is 332 g/mol. The number of hydrogen-bond acceptors (Lipinski definition) is 2. The summed E-state index contributed by atoms with van der Waals surface area (Å²) in [5.74, 6) is -3.65. The Morgan fingerprint density at radius 1 is 1.25 bits per heavy atom. The summed E-state index contributed by atoms with van der Waals surface area (Å²) in [6.45, 7) is 1.83. The predicted octanol–water partition coefficient (Wildman–Crippen LogP) is 3.99. The number of anilines is 1. The molecule has 0 heterocycles. The van der Waals surface area contributed by atoms with Crippen LogP contribution >= 0.6 is 15.9 Å². The van der Waals surface area contributed by atoms with E-state index < -0.39 is 28.9 Å². The van der Waals surface area contributed by atoms with Crippen LogP contribution in [0.1, 0.15) is 15.9 Å². The third kappa shape index (κ3) is 2.96. The zero-order chi connectivity index (χ0) is 14.9. The summed E-state index contributed by atoms with van der Waals surface area (Å²) in [5.41, 5.74) is 0.734. The fourth-order valence-electron chi connectivity index (χ4n) is 1.70. The van der Waals surface area contributed by atoms with Gasteiger partial charge in [0.25, 0.3) is 5.91 Å². The Kier molecular flexibility index (Phi) is 4.04. The van der Waals surface area contributed by atoms with E-state index in [9.17, 15) is 18.7 Å². The van der Waals surface area contributed by atoms with Gasteiger partial charge < -0.3 is 10.4 Å². The second-order valence-electron chi connectivity index (χ2n) is 4.20. The topological polar surface area (TPSA) is 49.3 Å². The number of nitrogens with one attached hydrogen (secondary N) is 1. The fourth-order valence-corrected chi connectivity index (χ4v) is 1.95. The smallest absolute Gasteiger partial charge is 0.262 e. The molecule has 1 amide bonds. The molecular formula is C14H10BrF2NO2. The van der Waals surface area contributed by atoms with Gasteiger partial charge in [-0.15, -0.1) is 0 Å². The van der Waals surface area contributed by atoms with Crippen LogP contribution in [-0.2, 0) is 0 Å². The molecule has 0 aliphatic heterocycles. The molecule has 0 saturated heterocycles. The van der Waals surface area contributed by atoms with E-state index in [4.69, 9.17) is 0 Å². The number of hydrogen-bond donors (Lipinski definition) is 2. The highest BCUT2D eigenvalue weighted by Gasteiger charge is 2.18. The first-order valence-electron chi connectivity index (χ1n) is 5.64. The number of benzene rings is 2. The Labute approximate surface area is 122 Å². The highest BCUT2D eigenvalue weighted by molar-refractivity contribution is 9.10. The number of halogens is 3. The monoisotopic (exact) mass is 341 g/mol. The van der Waals surface area contributed by atoms with Crippen molar-refractivity contribution < 1.29 is 18.7 Å². The van der Waals surface area contributed by atoms with Gasteiger partial charge in [-0.1, -0.05) is 15.9 Å². The van der Waals surface area contributed by atoms with Crippen molar-refractivity contribution in [1.29, 1.82) is 0 Å². The van der Waals surface area contributed by atoms with Gasteiger partial charge in [0.15, 0.2) is 0 Å². The van der Waals surface area contributed by atoms with E-state index in [1.165, 1.54) is 0 Å². The van der Waals surface area contributed by atoms with Crippen LogP contribution in [0.25, 0.3) is 0 Å². The predicted molar refractivity (Wildman–Crippen MR) is 74.9 cm³/mol. The van der Waals surface area contributed by atoms with E-state index in [0.29, 0.717) is 17.8 Å². The van der Waals surface area contributed by atoms with E-state index >= 15 is 0 Å². The summed E-state index contributed by atoms with van der Waals surface area (Å²) in [7, 11) is 0. The maximum absolute atomic E-state index is 13.5. The van der Waals surface area contributed by atoms with Crippen LogP contribution in [0.5, 0.6) is 5.75 Å². The van der Waals surface area contributed by atoms with Crippen molar-refractivity contribution in [2.45, 2.75) is 6.92 Å². The maximum atomic E-state index is 13.5. The van der Waals surface area contributed by atoms with Crippen molar-refractivity contribution in [3.05, 3.63) is 57.6 Å². The first-order chi connectivity index (χ1) is 9.38. The number of carbonyl (C=O) groups excluding carboxylic acids is 1. The molecule has 3 nitrogen and oxygen atoms in total. The van der Waals surface area contributed by atoms with Crippen molar-refractivity contribution in [2.24, 2.45) is 0 Å². The van der Waals surface area contributed by atoms with E-state index in [2.05, 4.69) is 21.2 Å². The third-order valence-corrected chi connectivity index (χ3v) is 3.57. The van der Waals surface area contributed by atoms with E-state index in [-0.39, 0.29) is 0 Å². The van der Waals surface area contributed by atoms with Crippen molar-refractivity contribution in [3.8, 4) is 5.75 Å². The molecule has 0 radical (unpaired) electrons. The lowest BCUT2D eigenvalue weighted by molar-refractivity contribution is 0.102. The van der Waals surface area contributed by atoms with Gasteiger partial charge in [-0.25, -0.2) is 8.78 Å². The second kappa shape index (κ2) is 5.58. The lowest BCUT2D eigenvalue weighted by Crippen LogP contribution is -2.14. The molecule has 0 bridgehead atoms. The van der Waals surface area contributed by atoms with Crippen LogP contribution in [0.15, 0.2) is 34.8 Å². The van der Waals surface area contributed by atoms with Crippen molar-refractivity contribution >= 4 is 27.5 Å². The quantitative estimate of drug-likeness (QED) is 0.867. The normalized spacial score (nSPS) is 10.4. The van der Waals surface area contributed by atoms with Crippen LogP contribution in [0.2, 0.25) is 0 Å². The lowest BCUT2D eigenvalue weighted by Gasteiger charge is -2.09. The molecule has 2 rings (SSSR count). The molecule has 0 aliphatic rings.